The number of piperidine rings is 1. The van der Waals surface area contributed by atoms with Gasteiger partial charge in [0.05, 0.1) is 5.75 Å². The van der Waals surface area contributed by atoms with E-state index in [2.05, 4.69) is 10.0 Å². The van der Waals surface area contributed by atoms with Gasteiger partial charge in [0.1, 0.15) is 0 Å². The van der Waals surface area contributed by atoms with Crippen molar-refractivity contribution in [2.75, 3.05) is 32.9 Å². The van der Waals surface area contributed by atoms with Gasteiger partial charge in [-0.2, -0.15) is 0 Å². The minimum absolute atomic E-state index is 0.215. The van der Waals surface area contributed by atoms with E-state index in [4.69, 9.17) is 0 Å². The molecule has 0 bridgehead atoms. The van der Waals surface area contributed by atoms with Gasteiger partial charge in [0.25, 0.3) is 0 Å². The van der Waals surface area contributed by atoms with Crippen molar-refractivity contribution in [3.05, 3.63) is 0 Å². The highest BCUT2D eigenvalue weighted by atomic mass is 32.2. The SMILES string of the molecule is CC(CNS(=O)(=O)CCC1CCCCN1)N(C)C. The fourth-order valence-electron chi connectivity index (χ4n) is 1.97. The van der Waals surface area contributed by atoms with E-state index in [1.54, 1.807) is 0 Å². The molecule has 1 aliphatic heterocycles. The Kier molecular flexibility index (Phi) is 6.55. The Bertz CT molecular complexity index is 324. The first-order valence-corrected chi connectivity index (χ1v) is 8.43. The molecule has 18 heavy (non-hydrogen) atoms. The summed E-state index contributed by atoms with van der Waals surface area (Å²) in [6, 6.07) is 0.592. The van der Waals surface area contributed by atoms with E-state index in [-0.39, 0.29) is 11.8 Å². The van der Waals surface area contributed by atoms with Crippen LogP contribution < -0.4 is 10.0 Å². The summed E-state index contributed by atoms with van der Waals surface area (Å²) < 4.78 is 26.4. The molecule has 0 aromatic carbocycles. The zero-order valence-corrected chi connectivity index (χ0v) is 12.6. The Morgan fingerprint density at radius 3 is 2.67 bits per heavy atom. The van der Waals surface area contributed by atoms with E-state index in [0.29, 0.717) is 19.0 Å². The maximum Gasteiger partial charge on any atom is 0.211 e. The molecule has 1 aliphatic rings. The topological polar surface area (TPSA) is 61.4 Å². The monoisotopic (exact) mass is 277 g/mol. The Balaban J connectivity index is 2.26. The fourth-order valence-corrected chi connectivity index (χ4v) is 3.20. The molecule has 2 atom stereocenters. The molecule has 0 spiro atoms. The summed E-state index contributed by atoms with van der Waals surface area (Å²) in [4.78, 5) is 2.01. The first-order valence-electron chi connectivity index (χ1n) is 6.78. The lowest BCUT2D eigenvalue weighted by atomic mass is 10.0. The van der Waals surface area contributed by atoms with Crippen molar-refractivity contribution in [3.63, 3.8) is 0 Å². The Labute approximate surface area is 111 Å². The van der Waals surface area contributed by atoms with E-state index in [1.165, 1.54) is 12.8 Å². The van der Waals surface area contributed by atoms with Crippen LogP contribution in [0.2, 0.25) is 0 Å². The first kappa shape index (κ1) is 15.9. The van der Waals surface area contributed by atoms with E-state index in [1.807, 2.05) is 25.9 Å². The highest BCUT2D eigenvalue weighted by molar-refractivity contribution is 7.89. The largest absolute Gasteiger partial charge is 0.314 e. The van der Waals surface area contributed by atoms with Gasteiger partial charge in [0.15, 0.2) is 0 Å². The molecular formula is C12H27N3O2S. The van der Waals surface area contributed by atoms with Crippen LogP contribution in [-0.2, 0) is 10.0 Å². The summed E-state index contributed by atoms with van der Waals surface area (Å²) in [7, 11) is 0.772. The minimum Gasteiger partial charge on any atom is -0.314 e. The predicted octanol–water partition coefficient (Wildman–Crippen LogP) is 0.388. The van der Waals surface area contributed by atoms with Crippen molar-refractivity contribution in [1.82, 2.24) is 14.9 Å². The summed E-state index contributed by atoms with van der Waals surface area (Å²) in [5.41, 5.74) is 0. The van der Waals surface area contributed by atoms with Crippen LogP contribution in [0.1, 0.15) is 32.6 Å². The average molecular weight is 277 g/mol. The summed E-state index contributed by atoms with van der Waals surface area (Å²) in [5, 5.41) is 3.37. The number of nitrogens with zero attached hydrogens (tertiary/aromatic N) is 1. The molecule has 0 saturated carbocycles. The molecular weight excluding hydrogens is 250 g/mol. The van der Waals surface area contributed by atoms with Crippen LogP contribution in [0.15, 0.2) is 0 Å². The molecule has 0 radical (unpaired) electrons. The summed E-state index contributed by atoms with van der Waals surface area (Å²) in [5.74, 6) is 0.227. The van der Waals surface area contributed by atoms with Crippen molar-refractivity contribution in [1.29, 1.82) is 0 Å². The van der Waals surface area contributed by atoms with Crippen LogP contribution in [-0.4, -0.2) is 58.3 Å². The van der Waals surface area contributed by atoms with E-state index < -0.39 is 10.0 Å². The Hall–Kier alpha value is -0.170. The van der Waals surface area contributed by atoms with Crippen LogP contribution >= 0.6 is 0 Å². The van der Waals surface area contributed by atoms with Gasteiger partial charge in [-0.25, -0.2) is 13.1 Å². The van der Waals surface area contributed by atoms with Crippen molar-refractivity contribution < 1.29 is 8.42 Å². The number of likely N-dealkylation sites (N-methyl/N-ethyl adjacent to an activating group) is 1. The highest BCUT2D eigenvalue weighted by Gasteiger charge is 2.18. The maximum atomic E-state index is 11.8. The lowest BCUT2D eigenvalue weighted by Crippen LogP contribution is -2.41. The lowest BCUT2D eigenvalue weighted by molar-refractivity contribution is 0.313. The molecule has 1 saturated heterocycles. The second kappa shape index (κ2) is 7.43. The molecule has 0 aromatic rings. The van der Waals surface area contributed by atoms with Crippen molar-refractivity contribution in [3.8, 4) is 0 Å². The third kappa shape index (κ3) is 6.13. The molecule has 2 N–H and O–H groups in total. The Morgan fingerprint density at radius 1 is 1.39 bits per heavy atom. The van der Waals surface area contributed by atoms with Gasteiger partial charge in [0, 0.05) is 18.6 Å². The standard InChI is InChI=1S/C12H27N3O2S/c1-11(15(2)3)10-14-18(16,17)9-7-12-6-4-5-8-13-12/h11-14H,4-10H2,1-3H3. The number of rotatable bonds is 7. The third-order valence-electron chi connectivity index (χ3n) is 3.63. The van der Waals surface area contributed by atoms with Gasteiger partial charge in [-0.15, -0.1) is 0 Å². The zero-order chi connectivity index (χ0) is 13.6. The second-order valence-corrected chi connectivity index (χ2v) is 7.34. The van der Waals surface area contributed by atoms with Gasteiger partial charge in [-0.05, 0) is 46.8 Å². The minimum atomic E-state index is -3.13. The van der Waals surface area contributed by atoms with Gasteiger partial charge in [0.2, 0.25) is 10.0 Å². The molecule has 108 valence electrons. The normalized spacial score (nSPS) is 23.2. The lowest BCUT2D eigenvalue weighted by Gasteiger charge is -2.24. The maximum absolute atomic E-state index is 11.8. The summed E-state index contributed by atoms with van der Waals surface area (Å²) >= 11 is 0. The fraction of sp³-hybridized carbons (Fsp3) is 1.00. The average Bonchev–Trinajstić information content (AvgIpc) is 2.35. The van der Waals surface area contributed by atoms with Gasteiger partial charge >= 0.3 is 0 Å². The summed E-state index contributed by atoms with van der Waals surface area (Å²) in [6.45, 7) is 3.51. The molecule has 1 rings (SSSR count). The quantitative estimate of drug-likeness (QED) is 0.707. The molecule has 1 heterocycles. The zero-order valence-electron chi connectivity index (χ0n) is 11.8. The molecule has 0 amide bonds. The van der Waals surface area contributed by atoms with E-state index in [0.717, 1.165) is 13.0 Å². The van der Waals surface area contributed by atoms with Crippen molar-refractivity contribution in [2.24, 2.45) is 0 Å². The molecule has 0 aromatic heterocycles. The molecule has 5 nitrogen and oxygen atoms in total. The van der Waals surface area contributed by atoms with Crippen LogP contribution in [0.25, 0.3) is 0 Å². The van der Waals surface area contributed by atoms with Gasteiger partial charge in [-0.1, -0.05) is 6.42 Å². The predicted molar refractivity (Wildman–Crippen MR) is 75.2 cm³/mol. The number of hydrogen-bond acceptors (Lipinski definition) is 4. The molecule has 2 unspecified atom stereocenters. The number of hydrogen-bond donors (Lipinski definition) is 2. The van der Waals surface area contributed by atoms with E-state index >= 15 is 0 Å². The van der Waals surface area contributed by atoms with Crippen molar-refractivity contribution >= 4 is 10.0 Å². The van der Waals surface area contributed by atoms with Gasteiger partial charge in [-0.3, -0.25) is 0 Å². The van der Waals surface area contributed by atoms with Crippen LogP contribution in [0.4, 0.5) is 0 Å². The highest BCUT2D eigenvalue weighted by Crippen LogP contribution is 2.10. The van der Waals surface area contributed by atoms with Crippen LogP contribution in [0.5, 0.6) is 0 Å². The van der Waals surface area contributed by atoms with Gasteiger partial charge < -0.3 is 10.2 Å². The van der Waals surface area contributed by atoms with E-state index in [9.17, 15) is 8.42 Å². The van der Waals surface area contributed by atoms with Crippen LogP contribution in [0, 0.1) is 0 Å². The number of sulfonamides is 1. The molecule has 0 aliphatic carbocycles. The second-order valence-electron chi connectivity index (χ2n) is 5.42. The number of nitrogens with one attached hydrogen (secondary N) is 2. The first-order chi connectivity index (χ1) is 8.41. The molecule has 1 fully saturated rings. The van der Waals surface area contributed by atoms with Crippen LogP contribution in [0.3, 0.4) is 0 Å². The van der Waals surface area contributed by atoms with Crippen molar-refractivity contribution in [2.45, 2.75) is 44.7 Å². The summed E-state index contributed by atoms with van der Waals surface area (Å²) in [6.07, 6.45) is 4.24. The third-order valence-corrected chi connectivity index (χ3v) is 5.01. The smallest absolute Gasteiger partial charge is 0.211 e. The Morgan fingerprint density at radius 2 is 2.11 bits per heavy atom. The molecule has 6 heteroatoms.